The van der Waals surface area contributed by atoms with Crippen LogP contribution in [0.25, 0.3) is 0 Å². The van der Waals surface area contributed by atoms with Crippen molar-refractivity contribution in [2.45, 2.75) is 39.0 Å². The summed E-state index contributed by atoms with van der Waals surface area (Å²) in [5.41, 5.74) is 3.56. The Kier molecular flexibility index (Phi) is 4.89. The standard InChI is InChI=1S/C22H26N2O3/c1-15-12-23(13-16(2)27-15)14-17-6-8-18(9-7-17)22(26)24-11-10-19-20(24)4-3-5-21(19)25/h3-9,15-16,25H,10-14H2,1-2H3/t15-,16-/m1/s1. The summed E-state index contributed by atoms with van der Waals surface area (Å²) in [5, 5.41) is 9.98. The van der Waals surface area contributed by atoms with Crippen molar-refractivity contribution in [1.29, 1.82) is 0 Å². The fourth-order valence-electron chi connectivity index (χ4n) is 4.21. The van der Waals surface area contributed by atoms with Gasteiger partial charge in [0.15, 0.2) is 0 Å². The SMILES string of the molecule is C[C@@H]1CN(Cc2ccc(C(=O)N3CCc4c(O)cccc43)cc2)C[C@@H](C)O1. The molecule has 1 amide bonds. The first kappa shape index (κ1) is 18.0. The molecule has 2 atom stereocenters. The second-order valence-electron chi connectivity index (χ2n) is 7.63. The lowest BCUT2D eigenvalue weighted by Gasteiger charge is -2.35. The van der Waals surface area contributed by atoms with Crippen LogP contribution in [0.5, 0.6) is 5.75 Å². The van der Waals surface area contributed by atoms with Crippen molar-refractivity contribution in [3.8, 4) is 5.75 Å². The largest absolute Gasteiger partial charge is 0.508 e. The van der Waals surface area contributed by atoms with E-state index < -0.39 is 0 Å². The van der Waals surface area contributed by atoms with Gasteiger partial charge < -0.3 is 14.7 Å². The van der Waals surface area contributed by atoms with Gasteiger partial charge in [-0.25, -0.2) is 0 Å². The molecule has 2 aromatic carbocycles. The maximum absolute atomic E-state index is 12.9. The number of fused-ring (bicyclic) bond motifs is 1. The van der Waals surface area contributed by atoms with Gasteiger partial charge in [-0.3, -0.25) is 9.69 Å². The summed E-state index contributed by atoms with van der Waals surface area (Å²) in [6.07, 6.45) is 1.20. The molecule has 0 aromatic heterocycles. The lowest BCUT2D eigenvalue weighted by atomic mass is 10.1. The molecule has 0 spiro atoms. The number of aromatic hydroxyl groups is 1. The minimum atomic E-state index is -0.0143. The van der Waals surface area contributed by atoms with Crippen LogP contribution in [0.1, 0.15) is 35.3 Å². The highest BCUT2D eigenvalue weighted by Gasteiger charge is 2.27. The van der Waals surface area contributed by atoms with Crippen LogP contribution in [0.15, 0.2) is 42.5 Å². The van der Waals surface area contributed by atoms with Gasteiger partial charge in [0.25, 0.3) is 5.91 Å². The summed E-state index contributed by atoms with van der Waals surface area (Å²) >= 11 is 0. The van der Waals surface area contributed by atoms with E-state index in [1.165, 1.54) is 5.56 Å². The molecule has 0 saturated carbocycles. The van der Waals surface area contributed by atoms with Crippen LogP contribution in [0.4, 0.5) is 5.69 Å². The predicted molar refractivity (Wildman–Crippen MR) is 105 cm³/mol. The van der Waals surface area contributed by atoms with Gasteiger partial charge in [-0.05, 0) is 50.1 Å². The molecule has 2 aromatic rings. The predicted octanol–water partition coefficient (Wildman–Crippen LogP) is 3.20. The molecule has 5 nitrogen and oxygen atoms in total. The Morgan fingerprint density at radius 3 is 2.52 bits per heavy atom. The molecule has 4 rings (SSSR count). The van der Waals surface area contributed by atoms with Crippen LogP contribution < -0.4 is 4.90 Å². The third-order valence-electron chi connectivity index (χ3n) is 5.35. The van der Waals surface area contributed by atoms with Gasteiger partial charge in [0.2, 0.25) is 0 Å². The number of hydrogen-bond donors (Lipinski definition) is 1. The summed E-state index contributed by atoms with van der Waals surface area (Å²) < 4.78 is 5.79. The third-order valence-corrected chi connectivity index (χ3v) is 5.35. The van der Waals surface area contributed by atoms with Crippen LogP contribution in [-0.2, 0) is 17.7 Å². The van der Waals surface area contributed by atoms with E-state index in [-0.39, 0.29) is 23.9 Å². The molecule has 1 saturated heterocycles. The average Bonchev–Trinajstić information content (AvgIpc) is 3.06. The molecule has 2 heterocycles. The average molecular weight is 366 g/mol. The van der Waals surface area contributed by atoms with Crippen LogP contribution in [0, 0.1) is 0 Å². The summed E-state index contributed by atoms with van der Waals surface area (Å²) in [4.78, 5) is 17.1. The van der Waals surface area contributed by atoms with Gasteiger partial charge >= 0.3 is 0 Å². The van der Waals surface area contributed by atoms with Crippen LogP contribution in [-0.4, -0.2) is 47.8 Å². The maximum atomic E-state index is 12.9. The smallest absolute Gasteiger partial charge is 0.258 e. The van der Waals surface area contributed by atoms with Crippen molar-refractivity contribution in [1.82, 2.24) is 4.90 Å². The zero-order valence-corrected chi connectivity index (χ0v) is 15.9. The van der Waals surface area contributed by atoms with E-state index in [2.05, 4.69) is 18.7 Å². The second kappa shape index (κ2) is 7.33. The van der Waals surface area contributed by atoms with E-state index in [1.807, 2.05) is 30.3 Å². The van der Waals surface area contributed by atoms with Crippen molar-refractivity contribution in [3.63, 3.8) is 0 Å². The van der Waals surface area contributed by atoms with Gasteiger partial charge in [-0.15, -0.1) is 0 Å². The van der Waals surface area contributed by atoms with Gasteiger partial charge in [0.1, 0.15) is 5.75 Å². The van der Waals surface area contributed by atoms with Crippen LogP contribution in [0.2, 0.25) is 0 Å². The minimum Gasteiger partial charge on any atom is -0.508 e. The quantitative estimate of drug-likeness (QED) is 0.906. The van der Waals surface area contributed by atoms with E-state index in [0.29, 0.717) is 18.5 Å². The van der Waals surface area contributed by atoms with E-state index in [1.54, 1.807) is 17.0 Å². The van der Waals surface area contributed by atoms with E-state index in [9.17, 15) is 9.90 Å². The van der Waals surface area contributed by atoms with Crippen molar-refractivity contribution in [3.05, 3.63) is 59.2 Å². The number of phenolic OH excluding ortho intramolecular Hbond substituents is 1. The van der Waals surface area contributed by atoms with Gasteiger partial charge in [0, 0.05) is 37.3 Å². The van der Waals surface area contributed by atoms with E-state index in [4.69, 9.17) is 4.74 Å². The van der Waals surface area contributed by atoms with Gasteiger partial charge in [-0.2, -0.15) is 0 Å². The third kappa shape index (κ3) is 3.70. The van der Waals surface area contributed by atoms with E-state index in [0.717, 1.165) is 30.9 Å². The number of nitrogens with zero attached hydrogens (tertiary/aromatic N) is 2. The number of hydrogen-bond acceptors (Lipinski definition) is 4. The Morgan fingerprint density at radius 2 is 1.81 bits per heavy atom. The summed E-state index contributed by atoms with van der Waals surface area (Å²) in [5.74, 6) is 0.256. The Labute approximate surface area is 160 Å². The molecule has 1 N–H and O–H groups in total. The fourth-order valence-corrected chi connectivity index (χ4v) is 4.21. The lowest BCUT2D eigenvalue weighted by Crippen LogP contribution is -2.44. The number of anilines is 1. The van der Waals surface area contributed by atoms with Gasteiger partial charge in [0.05, 0.1) is 17.9 Å². The summed E-state index contributed by atoms with van der Waals surface area (Å²) in [7, 11) is 0. The molecule has 0 radical (unpaired) electrons. The number of benzene rings is 2. The molecular weight excluding hydrogens is 340 g/mol. The Balaban J connectivity index is 1.45. The fraction of sp³-hybridized carbons (Fsp3) is 0.409. The zero-order chi connectivity index (χ0) is 19.0. The number of ether oxygens (including phenoxy) is 1. The molecule has 142 valence electrons. The molecule has 0 bridgehead atoms. The van der Waals surface area contributed by atoms with Crippen molar-refractivity contribution in [2.24, 2.45) is 0 Å². The number of carbonyl (C=O) groups is 1. The zero-order valence-electron chi connectivity index (χ0n) is 15.9. The molecule has 5 heteroatoms. The first-order valence-corrected chi connectivity index (χ1v) is 9.60. The maximum Gasteiger partial charge on any atom is 0.258 e. The molecular formula is C22H26N2O3. The van der Waals surface area contributed by atoms with Crippen molar-refractivity contribution >= 4 is 11.6 Å². The first-order chi connectivity index (χ1) is 13.0. The number of morpholine rings is 1. The highest BCUT2D eigenvalue weighted by Crippen LogP contribution is 2.35. The number of rotatable bonds is 3. The number of amides is 1. The number of carbonyl (C=O) groups excluding carboxylic acids is 1. The lowest BCUT2D eigenvalue weighted by molar-refractivity contribution is -0.0704. The Hall–Kier alpha value is -2.37. The Bertz CT molecular complexity index is 824. The van der Waals surface area contributed by atoms with E-state index >= 15 is 0 Å². The Morgan fingerprint density at radius 1 is 1.11 bits per heavy atom. The monoisotopic (exact) mass is 366 g/mol. The highest BCUT2D eigenvalue weighted by atomic mass is 16.5. The topological polar surface area (TPSA) is 53.0 Å². The highest BCUT2D eigenvalue weighted by molar-refractivity contribution is 6.07. The van der Waals surface area contributed by atoms with Crippen LogP contribution >= 0.6 is 0 Å². The number of phenols is 1. The van der Waals surface area contributed by atoms with Crippen molar-refractivity contribution < 1.29 is 14.6 Å². The summed E-state index contributed by atoms with van der Waals surface area (Å²) in [6.45, 7) is 7.55. The summed E-state index contributed by atoms with van der Waals surface area (Å²) in [6, 6.07) is 13.3. The van der Waals surface area contributed by atoms with Gasteiger partial charge in [-0.1, -0.05) is 18.2 Å². The molecule has 0 unspecified atom stereocenters. The van der Waals surface area contributed by atoms with Crippen molar-refractivity contribution in [2.75, 3.05) is 24.5 Å². The molecule has 2 aliphatic heterocycles. The minimum absolute atomic E-state index is 0.0143. The molecule has 0 aliphatic carbocycles. The van der Waals surface area contributed by atoms with Crippen LogP contribution in [0.3, 0.4) is 0 Å². The second-order valence-corrected chi connectivity index (χ2v) is 7.63. The normalized spacial score (nSPS) is 22.7. The molecule has 1 fully saturated rings. The molecule has 27 heavy (non-hydrogen) atoms. The molecule has 2 aliphatic rings. The first-order valence-electron chi connectivity index (χ1n) is 9.60.